The van der Waals surface area contributed by atoms with E-state index in [-0.39, 0.29) is 5.41 Å². The number of fused-ring (bicyclic) bond motifs is 6. The van der Waals surface area contributed by atoms with E-state index in [9.17, 15) is 0 Å². The van der Waals surface area contributed by atoms with E-state index in [0.29, 0.717) is 0 Å². The molecule has 0 fully saturated rings. The van der Waals surface area contributed by atoms with Gasteiger partial charge in [0, 0.05) is 22.5 Å². The SMILES string of the molecule is CC1(C)c2ccccc2-c2ccc(N(c3ccccc3)c3ccc4c(c3)C(c3ccccc3)(c3ccccc3)c3ccccc3-4)cc21. The average Bonchev–Trinajstić information content (AvgIpc) is 3.55. The van der Waals surface area contributed by atoms with Crippen molar-refractivity contribution in [3.63, 3.8) is 0 Å². The van der Waals surface area contributed by atoms with Gasteiger partial charge in [-0.25, -0.2) is 0 Å². The Morgan fingerprint density at radius 2 is 0.766 bits per heavy atom. The van der Waals surface area contributed by atoms with Crippen LogP contribution in [0.1, 0.15) is 47.2 Å². The summed E-state index contributed by atoms with van der Waals surface area (Å²) in [6.07, 6.45) is 0. The quantitative estimate of drug-likeness (QED) is 0.190. The van der Waals surface area contributed by atoms with Gasteiger partial charge in [0.05, 0.1) is 5.41 Å². The number of benzene rings is 7. The summed E-state index contributed by atoms with van der Waals surface area (Å²) < 4.78 is 0. The zero-order chi connectivity index (χ0) is 31.6. The smallest absolute Gasteiger partial charge is 0.0714 e. The summed E-state index contributed by atoms with van der Waals surface area (Å²) >= 11 is 0. The molecule has 224 valence electrons. The van der Waals surface area contributed by atoms with Crippen LogP contribution in [0.2, 0.25) is 0 Å². The number of anilines is 3. The molecule has 0 atom stereocenters. The first kappa shape index (κ1) is 27.6. The third kappa shape index (κ3) is 3.96. The molecule has 47 heavy (non-hydrogen) atoms. The lowest BCUT2D eigenvalue weighted by Crippen LogP contribution is -2.28. The molecule has 0 bridgehead atoms. The molecular formula is C46H35N. The van der Waals surface area contributed by atoms with Gasteiger partial charge in [0.1, 0.15) is 0 Å². The first-order chi connectivity index (χ1) is 23.1. The Balaban J connectivity index is 1.30. The van der Waals surface area contributed by atoms with Crippen LogP contribution in [0.15, 0.2) is 176 Å². The maximum absolute atomic E-state index is 2.45. The highest BCUT2D eigenvalue weighted by Gasteiger charge is 2.46. The Hall–Kier alpha value is -5.66. The van der Waals surface area contributed by atoms with Crippen molar-refractivity contribution in [2.75, 3.05) is 4.90 Å². The van der Waals surface area contributed by atoms with E-state index in [0.717, 1.165) is 17.1 Å². The average molecular weight is 602 g/mol. The lowest BCUT2D eigenvalue weighted by atomic mass is 9.67. The highest BCUT2D eigenvalue weighted by Crippen LogP contribution is 2.57. The zero-order valence-corrected chi connectivity index (χ0v) is 26.7. The molecule has 0 saturated carbocycles. The van der Waals surface area contributed by atoms with Crippen molar-refractivity contribution in [1.29, 1.82) is 0 Å². The molecular weight excluding hydrogens is 567 g/mol. The van der Waals surface area contributed by atoms with E-state index in [2.05, 4.69) is 195 Å². The molecule has 1 heteroatoms. The van der Waals surface area contributed by atoms with Gasteiger partial charge >= 0.3 is 0 Å². The third-order valence-corrected chi connectivity index (χ3v) is 10.5. The van der Waals surface area contributed by atoms with Crippen LogP contribution in [0, 0.1) is 0 Å². The Bertz CT molecular complexity index is 2230. The molecule has 1 nitrogen and oxygen atoms in total. The maximum Gasteiger partial charge on any atom is 0.0714 e. The third-order valence-electron chi connectivity index (χ3n) is 10.5. The summed E-state index contributed by atoms with van der Waals surface area (Å²) in [5.74, 6) is 0. The maximum atomic E-state index is 2.45. The van der Waals surface area contributed by atoms with Crippen LogP contribution < -0.4 is 4.90 Å². The summed E-state index contributed by atoms with van der Waals surface area (Å²) in [4.78, 5) is 2.43. The normalized spacial score (nSPS) is 14.5. The number of nitrogens with zero attached hydrogens (tertiary/aromatic N) is 1. The predicted molar refractivity (Wildman–Crippen MR) is 196 cm³/mol. The molecule has 7 aromatic carbocycles. The lowest BCUT2D eigenvalue weighted by Gasteiger charge is -2.35. The number of para-hydroxylation sites is 1. The second kappa shape index (κ2) is 10.4. The highest BCUT2D eigenvalue weighted by molar-refractivity contribution is 5.90. The minimum atomic E-state index is -0.450. The molecule has 0 saturated heterocycles. The summed E-state index contributed by atoms with van der Waals surface area (Å²) in [5.41, 5.74) is 16.1. The Morgan fingerprint density at radius 1 is 0.340 bits per heavy atom. The van der Waals surface area contributed by atoms with E-state index < -0.39 is 5.41 Å². The van der Waals surface area contributed by atoms with Crippen LogP contribution in [0.4, 0.5) is 17.1 Å². The minimum absolute atomic E-state index is 0.0837. The fraction of sp³-hybridized carbons (Fsp3) is 0.0870. The van der Waals surface area contributed by atoms with Crippen molar-refractivity contribution in [2.45, 2.75) is 24.7 Å². The summed E-state index contributed by atoms with van der Waals surface area (Å²) in [7, 11) is 0. The molecule has 7 aromatic rings. The van der Waals surface area contributed by atoms with Gasteiger partial charge in [-0.15, -0.1) is 0 Å². The second-order valence-corrected chi connectivity index (χ2v) is 13.3. The second-order valence-electron chi connectivity index (χ2n) is 13.3. The van der Waals surface area contributed by atoms with Gasteiger partial charge in [0.2, 0.25) is 0 Å². The summed E-state index contributed by atoms with van der Waals surface area (Å²) in [5, 5.41) is 0. The first-order valence-electron chi connectivity index (χ1n) is 16.5. The molecule has 0 N–H and O–H groups in total. The molecule has 0 aromatic heterocycles. The molecule has 0 unspecified atom stereocenters. The van der Waals surface area contributed by atoms with Crippen LogP contribution in [-0.2, 0) is 10.8 Å². The van der Waals surface area contributed by atoms with E-state index in [1.54, 1.807) is 0 Å². The standard InChI is InChI=1S/C46H35N/c1-45(2)41-24-14-12-22-37(41)39-28-26-35(30-43(39)45)47(34-20-10-5-11-21-34)36-27-29-40-38-23-13-15-25-42(38)46(44(40)31-36,32-16-6-3-7-17-32)33-18-8-4-9-19-33/h3-31H,1-2H3. The first-order valence-corrected chi connectivity index (χ1v) is 16.5. The molecule has 0 radical (unpaired) electrons. The fourth-order valence-corrected chi connectivity index (χ4v) is 8.43. The Kier molecular flexibility index (Phi) is 6.14. The molecule has 0 spiro atoms. The van der Waals surface area contributed by atoms with Gasteiger partial charge < -0.3 is 4.90 Å². The predicted octanol–water partition coefficient (Wildman–Crippen LogP) is 11.8. The van der Waals surface area contributed by atoms with Gasteiger partial charge in [-0.3, -0.25) is 0 Å². The van der Waals surface area contributed by atoms with Crippen LogP contribution in [0.3, 0.4) is 0 Å². The van der Waals surface area contributed by atoms with Crippen molar-refractivity contribution < 1.29 is 0 Å². The topological polar surface area (TPSA) is 3.24 Å². The fourth-order valence-electron chi connectivity index (χ4n) is 8.43. The van der Waals surface area contributed by atoms with E-state index >= 15 is 0 Å². The molecule has 0 amide bonds. The van der Waals surface area contributed by atoms with E-state index in [1.165, 1.54) is 55.6 Å². The minimum Gasteiger partial charge on any atom is -0.310 e. The monoisotopic (exact) mass is 601 g/mol. The largest absolute Gasteiger partial charge is 0.310 e. The van der Waals surface area contributed by atoms with E-state index in [1.807, 2.05) is 0 Å². The molecule has 0 heterocycles. The van der Waals surface area contributed by atoms with E-state index in [4.69, 9.17) is 0 Å². The van der Waals surface area contributed by atoms with Gasteiger partial charge in [-0.2, -0.15) is 0 Å². The van der Waals surface area contributed by atoms with Gasteiger partial charge in [-0.1, -0.05) is 153 Å². The van der Waals surface area contributed by atoms with Gasteiger partial charge in [-0.05, 0) is 92.0 Å². The molecule has 2 aliphatic carbocycles. The van der Waals surface area contributed by atoms with Crippen molar-refractivity contribution >= 4 is 17.1 Å². The van der Waals surface area contributed by atoms with Gasteiger partial charge in [0.15, 0.2) is 0 Å². The van der Waals surface area contributed by atoms with Gasteiger partial charge in [0.25, 0.3) is 0 Å². The summed E-state index contributed by atoms with van der Waals surface area (Å²) in [6, 6.07) is 64.9. The highest BCUT2D eigenvalue weighted by atomic mass is 15.1. The summed E-state index contributed by atoms with van der Waals surface area (Å²) in [6.45, 7) is 4.71. The molecule has 9 rings (SSSR count). The lowest BCUT2D eigenvalue weighted by molar-refractivity contribution is 0.660. The van der Waals surface area contributed by atoms with Crippen LogP contribution in [0.25, 0.3) is 22.3 Å². The van der Waals surface area contributed by atoms with Crippen molar-refractivity contribution in [3.05, 3.63) is 209 Å². The Morgan fingerprint density at radius 3 is 1.36 bits per heavy atom. The van der Waals surface area contributed by atoms with Crippen molar-refractivity contribution in [1.82, 2.24) is 0 Å². The van der Waals surface area contributed by atoms with Crippen molar-refractivity contribution in [2.24, 2.45) is 0 Å². The van der Waals surface area contributed by atoms with Crippen LogP contribution >= 0.6 is 0 Å². The number of hydrogen-bond donors (Lipinski definition) is 0. The van der Waals surface area contributed by atoms with Crippen LogP contribution in [0.5, 0.6) is 0 Å². The van der Waals surface area contributed by atoms with Crippen molar-refractivity contribution in [3.8, 4) is 22.3 Å². The van der Waals surface area contributed by atoms with Crippen LogP contribution in [-0.4, -0.2) is 0 Å². The molecule has 0 aliphatic heterocycles. The number of rotatable bonds is 5. The Labute approximate surface area is 277 Å². The molecule has 2 aliphatic rings. The number of hydrogen-bond acceptors (Lipinski definition) is 1. The zero-order valence-electron chi connectivity index (χ0n) is 26.7.